The molecule has 3 N–H and O–H groups in total. The number of esters is 1. The number of unbranched alkanes of at least 4 members (excludes halogenated alkanes) is 3. The third-order valence-corrected chi connectivity index (χ3v) is 8.57. The van der Waals surface area contributed by atoms with Gasteiger partial charge in [0.15, 0.2) is 0 Å². The lowest BCUT2D eigenvalue weighted by Gasteiger charge is -2.16. The molecule has 0 saturated heterocycles. The van der Waals surface area contributed by atoms with Gasteiger partial charge in [0.2, 0.25) is 0 Å². The minimum absolute atomic E-state index is 0.0209. The van der Waals surface area contributed by atoms with Crippen LogP contribution >= 0.6 is 0 Å². The maximum Gasteiger partial charge on any atom is 0.411 e. The number of ether oxygens (including phenoxy) is 5. The number of hydrogen-bond donors (Lipinski definition) is 3. The average Bonchev–Trinajstić information content (AvgIpc) is 3.18. The fraction of sp³-hybridized carbons (Fsp3) is 0.356. The summed E-state index contributed by atoms with van der Waals surface area (Å²) in [5, 5.41) is 8.85. The van der Waals surface area contributed by atoms with Crippen LogP contribution in [0.3, 0.4) is 0 Å². The summed E-state index contributed by atoms with van der Waals surface area (Å²) in [6.07, 6.45) is 3.80. The van der Waals surface area contributed by atoms with E-state index in [1.165, 1.54) is 11.1 Å². The highest BCUT2D eigenvalue weighted by molar-refractivity contribution is 5.87. The van der Waals surface area contributed by atoms with Gasteiger partial charge in [0.25, 0.3) is 0 Å². The summed E-state index contributed by atoms with van der Waals surface area (Å²) in [7, 11) is 1.56. The first-order chi connectivity index (χ1) is 27.1. The minimum Gasteiger partial charge on any atom is -0.494 e. The Morgan fingerprint density at radius 3 is 1.61 bits per heavy atom. The van der Waals surface area contributed by atoms with Gasteiger partial charge in [-0.1, -0.05) is 55.1 Å². The predicted molar refractivity (Wildman–Crippen MR) is 221 cm³/mol. The molecule has 2 atom stereocenters. The van der Waals surface area contributed by atoms with Crippen molar-refractivity contribution in [2.45, 2.75) is 71.4 Å². The van der Waals surface area contributed by atoms with E-state index >= 15 is 0 Å². The fourth-order valence-electron chi connectivity index (χ4n) is 5.62. The summed E-state index contributed by atoms with van der Waals surface area (Å²) >= 11 is 0. The molecule has 0 spiro atoms. The predicted octanol–water partition coefficient (Wildman–Crippen LogP) is 9.56. The molecule has 11 heteroatoms. The second-order valence-electron chi connectivity index (χ2n) is 13.8. The van der Waals surface area contributed by atoms with E-state index in [-0.39, 0.29) is 24.7 Å². The molecule has 298 valence electrons. The van der Waals surface area contributed by atoms with Crippen LogP contribution in [-0.4, -0.2) is 63.8 Å². The Hall–Kier alpha value is -5.81. The van der Waals surface area contributed by atoms with Crippen molar-refractivity contribution in [3.8, 4) is 5.75 Å². The molecule has 0 bridgehead atoms. The van der Waals surface area contributed by atoms with Crippen molar-refractivity contribution < 1.29 is 38.1 Å². The second-order valence-corrected chi connectivity index (χ2v) is 13.8. The zero-order valence-electron chi connectivity index (χ0n) is 32.9. The number of rotatable bonds is 22. The molecule has 0 aliphatic rings. The summed E-state index contributed by atoms with van der Waals surface area (Å²) in [6.45, 7) is 10.6. The van der Waals surface area contributed by atoms with Crippen LogP contribution in [0, 0.1) is 0 Å². The molecule has 56 heavy (non-hydrogen) atoms. The largest absolute Gasteiger partial charge is 0.494 e. The number of carbonyl (C=O) groups excluding carboxylic acids is 3. The zero-order chi connectivity index (χ0) is 40.1. The molecule has 4 rings (SSSR count). The Bertz CT molecular complexity index is 1810. The fourth-order valence-corrected chi connectivity index (χ4v) is 5.62. The van der Waals surface area contributed by atoms with Crippen LogP contribution in [-0.2, 0) is 36.6 Å². The van der Waals surface area contributed by atoms with E-state index in [0.29, 0.717) is 43.2 Å². The topological polar surface area (TPSA) is 133 Å². The summed E-state index contributed by atoms with van der Waals surface area (Å²) in [5.74, 6) is 0.468. The zero-order valence-corrected chi connectivity index (χ0v) is 32.9. The van der Waals surface area contributed by atoms with Gasteiger partial charge in [-0.3, -0.25) is 10.6 Å². The Balaban J connectivity index is 1.03. The second kappa shape index (κ2) is 23.2. The molecule has 2 unspecified atom stereocenters. The quantitative estimate of drug-likeness (QED) is 0.0310. The molecule has 0 radical (unpaired) electrons. The number of nitrogens with one attached hydrogen (secondary N) is 3. The van der Waals surface area contributed by atoms with E-state index in [4.69, 9.17) is 23.7 Å². The Morgan fingerprint density at radius 1 is 0.607 bits per heavy atom. The van der Waals surface area contributed by atoms with Gasteiger partial charge in [0.1, 0.15) is 18.5 Å². The highest BCUT2D eigenvalue weighted by Gasteiger charge is 2.11. The molecule has 11 nitrogen and oxygen atoms in total. The first-order valence-corrected chi connectivity index (χ1v) is 19.0. The summed E-state index contributed by atoms with van der Waals surface area (Å²) in [6, 6.07) is 31.6. The van der Waals surface area contributed by atoms with Gasteiger partial charge in [-0.05, 0) is 130 Å². The monoisotopic (exact) mass is 765 g/mol. The Morgan fingerprint density at radius 2 is 1.09 bits per heavy atom. The van der Waals surface area contributed by atoms with Gasteiger partial charge in [0.05, 0.1) is 25.9 Å². The van der Waals surface area contributed by atoms with E-state index in [0.717, 1.165) is 54.7 Å². The lowest BCUT2D eigenvalue weighted by atomic mass is 10.0. The number of amides is 2. The van der Waals surface area contributed by atoms with Crippen molar-refractivity contribution in [1.82, 2.24) is 0 Å². The standard InChI is InChI=1S/C45H55N3O8/c1-32(2)43(49)55-30-33(3)46-39-18-10-35(11-19-39)29-38-16-24-42(25-17-38)53-26-8-6-7-9-27-54-44(50)47-40-20-12-36(13-21-40)28-37-14-22-41(23-15-37)48-45(51)56-34(4)31-52-5/h10-25,33-34,46H,1,6-9,26-31H2,2-5H3,(H,47,50)(H,48,51). The maximum absolute atomic E-state index is 12.3. The van der Waals surface area contributed by atoms with E-state index in [1.807, 2.05) is 79.7 Å². The van der Waals surface area contributed by atoms with Crippen molar-refractivity contribution >= 4 is 35.2 Å². The average molecular weight is 766 g/mol. The molecule has 2 amide bonds. The molecular formula is C45H55N3O8. The van der Waals surface area contributed by atoms with Gasteiger partial charge in [-0.2, -0.15) is 0 Å². The number of anilines is 3. The molecular weight excluding hydrogens is 711 g/mol. The van der Waals surface area contributed by atoms with Gasteiger partial charge >= 0.3 is 18.2 Å². The van der Waals surface area contributed by atoms with Gasteiger partial charge < -0.3 is 29.0 Å². The number of hydrogen-bond acceptors (Lipinski definition) is 9. The first kappa shape index (κ1) is 42.9. The van der Waals surface area contributed by atoms with Crippen LogP contribution in [0.4, 0.5) is 26.7 Å². The van der Waals surface area contributed by atoms with E-state index < -0.39 is 12.2 Å². The van der Waals surface area contributed by atoms with Crippen LogP contribution in [0.25, 0.3) is 0 Å². The van der Waals surface area contributed by atoms with Crippen molar-refractivity contribution in [3.63, 3.8) is 0 Å². The highest BCUT2D eigenvalue weighted by atomic mass is 16.6. The molecule has 0 heterocycles. The van der Waals surface area contributed by atoms with Crippen LogP contribution in [0.1, 0.15) is 68.7 Å². The molecule has 0 fully saturated rings. The molecule has 0 aromatic heterocycles. The van der Waals surface area contributed by atoms with E-state index in [9.17, 15) is 14.4 Å². The molecule has 4 aromatic rings. The molecule has 0 saturated carbocycles. The smallest absolute Gasteiger partial charge is 0.411 e. The van der Waals surface area contributed by atoms with Crippen molar-refractivity contribution in [2.75, 3.05) is 49.5 Å². The lowest BCUT2D eigenvalue weighted by Crippen LogP contribution is -2.23. The maximum atomic E-state index is 12.3. The van der Waals surface area contributed by atoms with E-state index in [1.54, 1.807) is 21.0 Å². The molecule has 0 aliphatic carbocycles. The van der Waals surface area contributed by atoms with Crippen LogP contribution in [0.2, 0.25) is 0 Å². The Labute approximate surface area is 330 Å². The summed E-state index contributed by atoms with van der Waals surface area (Å²) in [4.78, 5) is 35.9. The minimum atomic E-state index is -0.524. The van der Waals surface area contributed by atoms with Crippen molar-refractivity contribution in [1.29, 1.82) is 0 Å². The third kappa shape index (κ3) is 16.3. The van der Waals surface area contributed by atoms with Gasteiger partial charge in [-0.15, -0.1) is 0 Å². The van der Waals surface area contributed by atoms with Crippen molar-refractivity contribution in [2.24, 2.45) is 0 Å². The first-order valence-electron chi connectivity index (χ1n) is 19.0. The number of carbonyl (C=O) groups is 3. The number of benzene rings is 4. The van der Waals surface area contributed by atoms with Crippen LogP contribution in [0.15, 0.2) is 109 Å². The Kier molecular flexibility index (Phi) is 17.8. The summed E-state index contributed by atoms with van der Waals surface area (Å²) < 4.78 is 26.7. The normalized spacial score (nSPS) is 11.8. The highest BCUT2D eigenvalue weighted by Crippen LogP contribution is 2.19. The SMILES string of the molecule is C=C(C)C(=O)OCC(C)Nc1ccc(Cc2ccc(OCCCCCCOC(=O)Nc3ccc(Cc4ccc(NC(=O)OC(C)COC)cc4)cc3)cc2)cc1. The van der Waals surface area contributed by atoms with Crippen LogP contribution in [0.5, 0.6) is 5.75 Å². The van der Waals surface area contributed by atoms with Gasteiger partial charge in [0, 0.05) is 29.7 Å². The lowest BCUT2D eigenvalue weighted by molar-refractivity contribution is -0.139. The molecule has 4 aromatic carbocycles. The van der Waals surface area contributed by atoms with Crippen molar-refractivity contribution in [3.05, 3.63) is 131 Å². The number of methoxy groups -OCH3 is 1. The third-order valence-electron chi connectivity index (χ3n) is 8.57. The van der Waals surface area contributed by atoms with E-state index in [2.05, 4.69) is 46.8 Å². The van der Waals surface area contributed by atoms with Gasteiger partial charge in [-0.25, -0.2) is 14.4 Å². The molecule has 0 aliphatic heterocycles. The van der Waals surface area contributed by atoms with Crippen LogP contribution < -0.4 is 20.7 Å². The summed E-state index contributed by atoms with van der Waals surface area (Å²) in [5.41, 5.74) is 7.23.